The van der Waals surface area contributed by atoms with E-state index in [1.807, 2.05) is 6.07 Å². The third-order valence-electron chi connectivity index (χ3n) is 5.61. The Morgan fingerprint density at radius 2 is 2.07 bits per heavy atom. The summed E-state index contributed by atoms with van der Waals surface area (Å²) in [5.74, 6) is 2.42. The highest BCUT2D eigenvalue weighted by Gasteiger charge is 2.27. The van der Waals surface area contributed by atoms with Gasteiger partial charge in [0.2, 0.25) is 0 Å². The van der Waals surface area contributed by atoms with Crippen molar-refractivity contribution >= 4 is 5.91 Å². The van der Waals surface area contributed by atoms with Crippen molar-refractivity contribution in [1.82, 2.24) is 19.8 Å². The molecule has 0 aromatic carbocycles. The van der Waals surface area contributed by atoms with Crippen molar-refractivity contribution in [3.8, 4) is 0 Å². The van der Waals surface area contributed by atoms with Crippen molar-refractivity contribution in [3.63, 3.8) is 0 Å². The van der Waals surface area contributed by atoms with Crippen molar-refractivity contribution in [2.45, 2.75) is 46.2 Å². The fraction of sp³-hybridized carbons (Fsp3) is 0.550. The van der Waals surface area contributed by atoms with Crippen LogP contribution in [0, 0.1) is 12.8 Å². The molecule has 0 spiro atoms. The van der Waals surface area contributed by atoms with E-state index in [-0.39, 0.29) is 11.5 Å². The van der Waals surface area contributed by atoms with Crippen LogP contribution in [0.1, 0.15) is 53.2 Å². The van der Waals surface area contributed by atoms with Crippen molar-refractivity contribution in [2.75, 3.05) is 19.6 Å². The summed E-state index contributed by atoms with van der Waals surface area (Å²) in [7, 11) is 0. The van der Waals surface area contributed by atoms with Gasteiger partial charge in [-0.15, -0.1) is 0 Å². The molecule has 1 fully saturated rings. The minimum Gasteiger partial charge on any atom is -0.455 e. The molecule has 1 N–H and O–H groups in total. The number of hydrogen-bond donors (Lipinski definition) is 1. The van der Waals surface area contributed by atoms with Crippen LogP contribution in [-0.2, 0) is 19.5 Å². The highest BCUT2D eigenvalue weighted by molar-refractivity contribution is 5.91. The Bertz CT molecular complexity index is 893. The molecule has 2 aliphatic rings. The second-order valence-electron chi connectivity index (χ2n) is 7.78. The van der Waals surface area contributed by atoms with Crippen LogP contribution >= 0.6 is 0 Å². The summed E-state index contributed by atoms with van der Waals surface area (Å²) in [5, 5.41) is 0. The summed E-state index contributed by atoms with van der Waals surface area (Å²) in [6.45, 7) is 7.80. The fourth-order valence-corrected chi connectivity index (χ4v) is 3.91. The quantitative estimate of drug-likeness (QED) is 0.895. The number of H-pyrrole nitrogens is 1. The SMILES string of the molecule is Cc1nc2c(c(=O)[nH]1)CCN(C(=O)c1ccc(CN3CCC(C)CC3)o1)C2. The van der Waals surface area contributed by atoms with E-state index in [4.69, 9.17) is 4.42 Å². The lowest BCUT2D eigenvalue weighted by atomic mass is 9.99. The van der Waals surface area contributed by atoms with Gasteiger partial charge in [-0.25, -0.2) is 4.98 Å². The third-order valence-corrected chi connectivity index (χ3v) is 5.61. The predicted octanol–water partition coefficient (Wildman–Crippen LogP) is 2.10. The number of aromatic nitrogens is 2. The zero-order valence-electron chi connectivity index (χ0n) is 16.0. The first-order valence-corrected chi connectivity index (χ1v) is 9.68. The number of carbonyl (C=O) groups is 1. The molecule has 7 heteroatoms. The van der Waals surface area contributed by atoms with Crippen LogP contribution in [0.5, 0.6) is 0 Å². The number of nitrogens with zero attached hydrogens (tertiary/aromatic N) is 3. The summed E-state index contributed by atoms with van der Waals surface area (Å²) in [6, 6.07) is 3.66. The van der Waals surface area contributed by atoms with Crippen molar-refractivity contribution in [3.05, 3.63) is 51.1 Å². The highest BCUT2D eigenvalue weighted by Crippen LogP contribution is 2.21. The second-order valence-corrected chi connectivity index (χ2v) is 7.78. The first-order chi connectivity index (χ1) is 13.0. The zero-order chi connectivity index (χ0) is 19.0. The smallest absolute Gasteiger partial charge is 0.289 e. The Morgan fingerprint density at radius 1 is 1.30 bits per heavy atom. The van der Waals surface area contributed by atoms with E-state index < -0.39 is 0 Å². The summed E-state index contributed by atoms with van der Waals surface area (Å²) in [4.78, 5) is 36.1. The van der Waals surface area contributed by atoms with E-state index in [0.29, 0.717) is 42.4 Å². The molecule has 0 saturated carbocycles. The first kappa shape index (κ1) is 18.0. The number of hydrogen-bond acceptors (Lipinski definition) is 5. The number of amides is 1. The van der Waals surface area contributed by atoms with Gasteiger partial charge in [0.05, 0.1) is 18.8 Å². The minimum absolute atomic E-state index is 0.0965. The Morgan fingerprint density at radius 3 is 2.85 bits per heavy atom. The van der Waals surface area contributed by atoms with Gasteiger partial charge in [-0.2, -0.15) is 0 Å². The summed E-state index contributed by atoms with van der Waals surface area (Å²) in [5.41, 5.74) is 1.27. The van der Waals surface area contributed by atoms with Crippen LogP contribution in [0.2, 0.25) is 0 Å². The maximum atomic E-state index is 12.8. The number of nitrogens with one attached hydrogen (secondary N) is 1. The molecule has 0 unspecified atom stereocenters. The maximum Gasteiger partial charge on any atom is 0.289 e. The molecule has 0 aliphatic carbocycles. The normalized spacial score (nSPS) is 18.5. The van der Waals surface area contributed by atoms with Crippen LogP contribution in [0.4, 0.5) is 0 Å². The van der Waals surface area contributed by atoms with Gasteiger partial charge in [0.1, 0.15) is 11.6 Å². The molecule has 27 heavy (non-hydrogen) atoms. The van der Waals surface area contributed by atoms with E-state index in [0.717, 1.165) is 31.3 Å². The molecule has 0 atom stereocenters. The van der Waals surface area contributed by atoms with Gasteiger partial charge in [0.15, 0.2) is 5.76 Å². The predicted molar refractivity (Wildman–Crippen MR) is 100 cm³/mol. The first-order valence-electron chi connectivity index (χ1n) is 9.68. The molecule has 4 heterocycles. The Kier molecular flexibility index (Phi) is 4.86. The number of aryl methyl sites for hydroxylation is 1. The van der Waals surface area contributed by atoms with Crippen LogP contribution in [0.25, 0.3) is 0 Å². The Labute approximate surface area is 158 Å². The summed E-state index contributed by atoms with van der Waals surface area (Å²) < 4.78 is 5.84. The largest absolute Gasteiger partial charge is 0.455 e. The average molecular weight is 370 g/mol. The molecule has 1 amide bonds. The number of furan rings is 1. The molecule has 4 rings (SSSR count). The molecule has 7 nitrogen and oxygen atoms in total. The average Bonchev–Trinajstić information content (AvgIpc) is 3.11. The lowest BCUT2D eigenvalue weighted by Crippen LogP contribution is -2.39. The van der Waals surface area contributed by atoms with Gasteiger partial charge < -0.3 is 14.3 Å². The van der Waals surface area contributed by atoms with Crippen molar-refractivity contribution in [2.24, 2.45) is 5.92 Å². The zero-order valence-corrected chi connectivity index (χ0v) is 16.0. The molecule has 0 bridgehead atoms. The van der Waals surface area contributed by atoms with Gasteiger partial charge in [-0.05, 0) is 57.3 Å². The minimum atomic E-state index is -0.140. The van der Waals surface area contributed by atoms with Crippen LogP contribution in [0.15, 0.2) is 21.3 Å². The number of aromatic amines is 1. The molecule has 2 aromatic rings. The number of rotatable bonds is 3. The second kappa shape index (κ2) is 7.31. The van der Waals surface area contributed by atoms with Crippen molar-refractivity contribution in [1.29, 1.82) is 0 Å². The number of fused-ring (bicyclic) bond motifs is 1. The van der Waals surface area contributed by atoms with Crippen molar-refractivity contribution < 1.29 is 9.21 Å². The maximum absolute atomic E-state index is 12.8. The number of likely N-dealkylation sites (tertiary alicyclic amines) is 1. The molecule has 144 valence electrons. The van der Waals surface area contributed by atoms with E-state index in [9.17, 15) is 9.59 Å². The fourth-order valence-electron chi connectivity index (χ4n) is 3.91. The molecule has 1 saturated heterocycles. The lowest BCUT2D eigenvalue weighted by molar-refractivity contribution is 0.0694. The van der Waals surface area contributed by atoms with Crippen LogP contribution in [0.3, 0.4) is 0 Å². The third kappa shape index (κ3) is 3.83. The molecular formula is C20H26N4O3. The van der Waals surface area contributed by atoms with E-state index in [1.54, 1.807) is 17.9 Å². The van der Waals surface area contributed by atoms with Gasteiger partial charge in [-0.3, -0.25) is 14.5 Å². The van der Waals surface area contributed by atoms with Gasteiger partial charge >= 0.3 is 0 Å². The van der Waals surface area contributed by atoms with Crippen LogP contribution in [-0.4, -0.2) is 45.3 Å². The van der Waals surface area contributed by atoms with Gasteiger partial charge in [0, 0.05) is 12.1 Å². The monoisotopic (exact) mass is 370 g/mol. The number of piperidine rings is 1. The standard InChI is InChI=1S/C20H26N4O3/c1-13-5-8-23(9-6-13)11-15-3-4-18(27-15)20(26)24-10-7-16-17(12-24)21-14(2)22-19(16)25/h3-4,13H,5-12H2,1-2H3,(H,21,22,25). The molecule has 2 aromatic heterocycles. The Hall–Kier alpha value is -2.41. The summed E-state index contributed by atoms with van der Waals surface area (Å²) in [6.07, 6.45) is 2.94. The van der Waals surface area contributed by atoms with Crippen LogP contribution < -0.4 is 5.56 Å². The van der Waals surface area contributed by atoms with Gasteiger partial charge in [0.25, 0.3) is 11.5 Å². The summed E-state index contributed by atoms with van der Waals surface area (Å²) >= 11 is 0. The van der Waals surface area contributed by atoms with E-state index >= 15 is 0 Å². The van der Waals surface area contributed by atoms with E-state index in [1.165, 1.54) is 12.8 Å². The Balaban J connectivity index is 1.43. The van der Waals surface area contributed by atoms with Gasteiger partial charge in [-0.1, -0.05) is 6.92 Å². The number of carbonyl (C=O) groups excluding carboxylic acids is 1. The van der Waals surface area contributed by atoms with E-state index in [2.05, 4.69) is 21.8 Å². The highest BCUT2D eigenvalue weighted by atomic mass is 16.4. The molecular weight excluding hydrogens is 344 g/mol. The lowest BCUT2D eigenvalue weighted by Gasteiger charge is -2.29. The topological polar surface area (TPSA) is 82.4 Å². The molecule has 2 aliphatic heterocycles. The molecule has 0 radical (unpaired) electrons.